The van der Waals surface area contributed by atoms with Crippen LogP contribution in [0.1, 0.15) is 18.4 Å². The van der Waals surface area contributed by atoms with Gasteiger partial charge in [-0.25, -0.2) is 4.79 Å². The first-order chi connectivity index (χ1) is 14.5. The Kier molecular flexibility index (Phi) is 5.31. The first kappa shape index (κ1) is 19.8. The molecule has 0 unspecified atom stereocenters. The zero-order valence-electron chi connectivity index (χ0n) is 17.0. The number of amides is 3. The van der Waals surface area contributed by atoms with E-state index < -0.39 is 5.66 Å². The Bertz CT molecular complexity index is 982. The fourth-order valence-electron chi connectivity index (χ4n) is 3.77. The SMILES string of the molecule is COc1ccc(NC(=O)N2CCC3(CC2)N=C(c2ccccc2)C(=O)N3)c(OC)c1. The third-order valence-electron chi connectivity index (χ3n) is 5.46. The second-order valence-electron chi connectivity index (χ2n) is 7.30. The van der Waals surface area contributed by atoms with Crippen LogP contribution in [0.3, 0.4) is 0 Å². The van der Waals surface area contributed by atoms with Crippen LogP contribution in [0.5, 0.6) is 11.5 Å². The Morgan fingerprint density at radius 1 is 1.10 bits per heavy atom. The Hall–Kier alpha value is -3.55. The molecule has 1 saturated heterocycles. The molecule has 0 radical (unpaired) electrons. The van der Waals surface area contributed by atoms with Gasteiger partial charge in [-0.1, -0.05) is 30.3 Å². The summed E-state index contributed by atoms with van der Waals surface area (Å²) >= 11 is 0. The predicted octanol–water partition coefficient (Wildman–Crippen LogP) is 2.65. The predicted molar refractivity (Wildman–Crippen MR) is 113 cm³/mol. The minimum Gasteiger partial charge on any atom is -0.497 e. The number of benzene rings is 2. The van der Waals surface area contributed by atoms with Crippen molar-refractivity contribution in [1.82, 2.24) is 10.2 Å². The maximum absolute atomic E-state index is 12.7. The maximum atomic E-state index is 12.7. The van der Waals surface area contributed by atoms with E-state index in [-0.39, 0.29) is 11.9 Å². The molecule has 1 fully saturated rings. The summed E-state index contributed by atoms with van der Waals surface area (Å²) in [6, 6.07) is 14.4. The van der Waals surface area contributed by atoms with Gasteiger partial charge in [0.25, 0.3) is 5.91 Å². The molecule has 0 atom stereocenters. The number of ether oxygens (including phenoxy) is 2. The lowest BCUT2D eigenvalue weighted by molar-refractivity contribution is -0.115. The molecule has 2 heterocycles. The molecule has 3 amide bonds. The van der Waals surface area contributed by atoms with E-state index in [9.17, 15) is 9.59 Å². The number of piperidine rings is 1. The largest absolute Gasteiger partial charge is 0.497 e. The van der Waals surface area contributed by atoms with Crippen molar-refractivity contribution in [2.75, 3.05) is 32.6 Å². The van der Waals surface area contributed by atoms with E-state index in [0.717, 1.165) is 5.56 Å². The number of hydrogen-bond donors (Lipinski definition) is 2. The molecule has 2 N–H and O–H groups in total. The van der Waals surface area contributed by atoms with Crippen molar-refractivity contribution in [1.29, 1.82) is 0 Å². The number of likely N-dealkylation sites (tertiary alicyclic amines) is 1. The number of nitrogens with one attached hydrogen (secondary N) is 2. The van der Waals surface area contributed by atoms with Crippen LogP contribution in [-0.4, -0.2) is 55.5 Å². The first-order valence-electron chi connectivity index (χ1n) is 9.79. The Labute approximate surface area is 174 Å². The van der Waals surface area contributed by atoms with Crippen LogP contribution < -0.4 is 20.1 Å². The summed E-state index contributed by atoms with van der Waals surface area (Å²) in [7, 11) is 3.12. The molecule has 30 heavy (non-hydrogen) atoms. The number of carbonyl (C=O) groups is 2. The van der Waals surface area contributed by atoms with Crippen molar-refractivity contribution in [3.8, 4) is 11.5 Å². The van der Waals surface area contributed by atoms with Gasteiger partial charge in [0.05, 0.1) is 19.9 Å². The number of nitrogens with zero attached hydrogens (tertiary/aromatic N) is 2. The summed E-state index contributed by atoms with van der Waals surface area (Å²) in [5, 5.41) is 5.91. The van der Waals surface area contributed by atoms with Gasteiger partial charge in [0.2, 0.25) is 0 Å². The topological polar surface area (TPSA) is 92.3 Å². The highest BCUT2D eigenvalue weighted by atomic mass is 16.5. The highest BCUT2D eigenvalue weighted by Crippen LogP contribution is 2.31. The molecule has 156 valence electrons. The lowest BCUT2D eigenvalue weighted by Gasteiger charge is -2.37. The Balaban J connectivity index is 1.42. The number of methoxy groups -OCH3 is 2. The van der Waals surface area contributed by atoms with Gasteiger partial charge in [0.1, 0.15) is 22.9 Å². The van der Waals surface area contributed by atoms with E-state index in [1.165, 1.54) is 0 Å². The number of urea groups is 1. The van der Waals surface area contributed by atoms with E-state index in [1.807, 2.05) is 30.3 Å². The van der Waals surface area contributed by atoms with E-state index >= 15 is 0 Å². The molecule has 8 heteroatoms. The molecular weight excluding hydrogens is 384 g/mol. The number of hydrogen-bond acceptors (Lipinski definition) is 5. The van der Waals surface area contributed by atoms with Crippen LogP contribution in [0.4, 0.5) is 10.5 Å². The molecule has 2 aliphatic heterocycles. The lowest BCUT2D eigenvalue weighted by atomic mass is 9.98. The van der Waals surface area contributed by atoms with Crippen LogP contribution in [0.2, 0.25) is 0 Å². The monoisotopic (exact) mass is 408 g/mol. The Morgan fingerprint density at radius 2 is 1.83 bits per heavy atom. The minimum absolute atomic E-state index is 0.165. The molecule has 0 aromatic heterocycles. The molecule has 0 saturated carbocycles. The van der Waals surface area contributed by atoms with Gasteiger partial charge in [-0.15, -0.1) is 0 Å². The van der Waals surface area contributed by atoms with Gasteiger partial charge < -0.3 is 25.0 Å². The summed E-state index contributed by atoms with van der Waals surface area (Å²) in [4.78, 5) is 31.7. The van der Waals surface area contributed by atoms with Crippen molar-refractivity contribution < 1.29 is 19.1 Å². The van der Waals surface area contributed by atoms with Gasteiger partial charge in [0, 0.05) is 37.6 Å². The second kappa shape index (κ2) is 8.06. The molecule has 4 rings (SSSR count). The summed E-state index contributed by atoms with van der Waals surface area (Å²) in [6.45, 7) is 0.965. The molecule has 8 nitrogen and oxygen atoms in total. The van der Waals surface area contributed by atoms with Crippen molar-refractivity contribution in [2.24, 2.45) is 4.99 Å². The fourth-order valence-corrected chi connectivity index (χ4v) is 3.77. The van der Waals surface area contributed by atoms with Crippen molar-refractivity contribution >= 4 is 23.3 Å². The zero-order valence-corrected chi connectivity index (χ0v) is 17.0. The summed E-state index contributed by atoms with van der Waals surface area (Å²) in [5.74, 6) is 1.01. The zero-order chi connectivity index (χ0) is 21.1. The smallest absolute Gasteiger partial charge is 0.321 e. The first-order valence-corrected chi connectivity index (χ1v) is 9.79. The molecule has 2 aromatic carbocycles. The summed E-state index contributed by atoms with van der Waals surface area (Å²) < 4.78 is 10.5. The maximum Gasteiger partial charge on any atom is 0.321 e. The van der Waals surface area contributed by atoms with Crippen LogP contribution in [-0.2, 0) is 4.79 Å². The normalized spacial score (nSPS) is 17.3. The minimum atomic E-state index is -0.642. The highest BCUT2D eigenvalue weighted by Gasteiger charge is 2.42. The summed E-state index contributed by atoms with van der Waals surface area (Å²) in [6.07, 6.45) is 1.12. The van der Waals surface area contributed by atoms with Gasteiger partial charge in [0.15, 0.2) is 0 Å². The van der Waals surface area contributed by atoms with Crippen LogP contribution in [0, 0.1) is 0 Å². The number of aliphatic imine (C=N–C) groups is 1. The van der Waals surface area contributed by atoms with Crippen molar-refractivity contribution in [3.63, 3.8) is 0 Å². The average Bonchev–Trinajstić information content (AvgIpc) is 3.10. The molecule has 0 aliphatic carbocycles. The average molecular weight is 408 g/mol. The molecule has 1 spiro atoms. The van der Waals surface area contributed by atoms with Crippen molar-refractivity contribution in [2.45, 2.75) is 18.5 Å². The number of anilines is 1. The molecule has 0 bridgehead atoms. The van der Waals surface area contributed by atoms with Crippen LogP contribution >= 0.6 is 0 Å². The third-order valence-corrected chi connectivity index (χ3v) is 5.46. The van der Waals surface area contributed by atoms with E-state index in [2.05, 4.69) is 10.6 Å². The van der Waals surface area contributed by atoms with Crippen molar-refractivity contribution in [3.05, 3.63) is 54.1 Å². The number of carbonyl (C=O) groups excluding carboxylic acids is 2. The second-order valence-corrected chi connectivity index (χ2v) is 7.30. The Morgan fingerprint density at radius 3 is 2.50 bits per heavy atom. The molecule has 2 aliphatic rings. The quantitative estimate of drug-likeness (QED) is 0.814. The summed E-state index contributed by atoms with van der Waals surface area (Å²) in [5.41, 5.74) is 1.19. The fraction of sp³-hybridized carbons (Fsp3) is 0.318. The van der Waals surface area contributed by atoms with Gasteiger partial charge >= 0.3 is 6.03 Å². The highest BCUT2D eigenvalue weighted by molar-refractivity contribution is 6.46. The van der Waals surface area contributed by atoms with Crippen LogP contribution in [0.25, 0.3) is 0 Å². The van der Waals surface area contributed by atoms with Gasteiger partial charge in [-0.3, -0.25) is 9.79 Å². The van der Waals surface area contributed by atoms with E-state index in [4.69, 9.17) is 14.5 Å². The van der Waals surface area contributed by atoms with Gasteiger partial charge in [-0.2, -0.15) is 0 Å². The van der Waals surface area contributed by atoms with Crippen LogP contribution in [0.15, 0.2) is 53.5 Å². The lowest BCUT2D eigenvalue weighted by Crippen LogP contribution is -2.53. The standard InChI is InChI=1S/C22H24N4O4/c1-29-16-8-9-17(18(14-16)30-2)23-21(28)26-12-10-22(11-13-26)24-19(20(27)25-22)15-6-4-3-5-7-15/h3-9,14H,10-13H2,1-2H3,(H,23,28)(H,25,27). The van der Waals surface area contributed by atoms with Gasteiger partial charge in [-0.05, 0) is 12.1 Å². The van der Waals surface area contributed by atoms with E-state index in [0.29, 0.717) is 48.8 Å². The number of rotatable bonds is 4. The molecular formula is C22H24N4O4. The molecule has 2 aromatic rings. The van der Waals surface area contributed by atoms with E-state index in [1.54, 1.807) is 37.3 Å². The third kappa shape index (κ3) is 3.80.